The Morgan fingerprint density at radius 2 is 2.00 bits per heavy atom. The number of hydrogen-bond acceptors (Lipinski definition) is 4. The van der Waals surface area contributed by atoms with E-state index in [2.05, 4.69) is 29.5 Å². The SMILES string of the molecule is Cc1ccc(-c2cnc(CCC(=O)NCC3(C)CCNCC3)o2)cc1. The van der Waals surface area contributed by atoms with Gasteiger partial charge < -0.3 is 15.1 Å². The quantitative estimate of drug-likeness (QED) is 0.847. The fourth-order valence-corrected chi connectivity index (χ4v) is 3.11. The molecule has 0 saturated carbocycles. The molecule has 1 aromatic heterocycles. The number of amides is 1. The molecule has 0 radical (unpaired) electrons. The molecule has 25 heavy (non-hydrogen) atoms. The molecule has 2 N–H and O–H groups in total. The second-order valence-electron chi connectivity index (χ2n) is 7.32. The predicted octanol–water partition coefficient (Wildman–Crippen LogP) is 3.09. The van der Waals surface area contributed by atoms with E-state index >= 15 is 0 Å². The third-order valence-corrected chi connectivity index (χ3v) is 4.98. The Balaban J connectivity index is 1.47. The van der Waals surface area contributed by atoms with E-state index in [9.17, 15) is 4.79 Å². The third kappa shape index (κ3) is 4.92. The summed E-state index contributed by atoms with van der Waals surface area (Å²) >= 11 is 0. The van der Waals surface area contributed by atoms with E-state index in [1.165, 1.54) is 5.56 Å². The standard InChI is InChI=1S/C20H27N3O2/c1-15-3-5-16(6-4-15)17-13-22-19(25-17)8-7-18(24)23-14-20(2)9-11-21-12-10-20/h3-6,13,21H,7-12,14H2,1-2H3,(H,23,24). The molecule has 1 fully saturated rings. The van der Waals surface area contributed by atoms with Crippen LogP contribution in [0.1, 0.15) is 37.6 Å². The first-order valence-electron chi connectivity index (χ1n) is 9.03. The number of carbonyl (C=O) groups is 1. The lowest BCUT2D eigenvalue weighted by Crippen LogP contribution is -2.42. The van der Waals surface area contributed by atoms with Gasteiger partial charge in [-0.15, -0.1) is 0 Å². The largest absolute Gasteiger partial charge is 0.441 e. The van der Waals surface area contributed by atoms with E-state index in [1.807, 2.05) is 24.3 Å². The number of carbonyl (C=O) groups excluding carboxylic acids is 1. The molecule has 1 amide bonds. The van der Waals surface area contributed by atoms with Gasteiger partial charge in [-0.1, -0.05) is 36.8 Å². The average molecular weight is 341 g/mol. The number of aromatic nitrogens is 1. The molecule has 0 unspecified atom stereocenters. The number of oxazole rings is 1. The van der Waals surface area contributed by atoms with E-state index in [0.29, 0.717) is 18.7 Å². The lowest BCUT2D eigenvalue weighted by Gasteiger charge is -2.34. The Morgan fingerprint density at radius 1 is 1.28 bits per heavy atom. The van der Waals surface area contributed by atoms with Crippen LogP contribution in [0.2, 0.25) is 0 Å². The monoisotopic (exact) mass is 341 g/mol. The number of hydrogen-bond donors (Lipinski definition) is 2. The molecule has 0 spiro atoms. The number of nitrogens with zero attached hydrogens (tertiary/aromatic N) is 1. The first kappa shape index (κ1) is 17.7. The summed E-state index contributed by atoms with van der Waals surface area (Å²) in [7, 11) is 0. The van der Waals surface area contributed by atoms with Gasteiger partial charge in [0.15, 0.2) is 11.7 Å². The average Bonchev–Trinajstić information content (AvgIpc) is 3.08. The van der Waals surface area contributed by atoms with Crippen molar-refractivity contribution in [2.75, 3.05) is 19.6 Å². The number of rotatable bonds is 6. The zero-order valence-electron chi connectivity index (χ0n) is 15.1. The van der Waals surface area contributed by atoms with Crippen LogP contribution in [0.3, 0.4) is 0 Å². The maximum absolute atomic E-state index is 12.1. The summed E-state index contributed by atoms with van der Waals surface area (Å²) in [6.07, 6.45) is 4.87. The van der Waals surface area contributed by atoms with Crippen molar-refractivity contribution in [3.8, 4) is 11.3 Å². The van der Waals surface area contributed by atoms with E-state index in [0.717, 1.165) is 43.8 Å². The Hall–Kier alpha value is -2.14. The van der Waals surface area contributed by atoms with Crippen molar-refractivity contribution in [2.45, 2.75) is 39.5 Å². The van der Waals surface area contributed by atoms with Gasteiger partial charge in [0.2, 0.25) is 5.91 Å². The summed E-state index contributed by atoms with van der Waals surface area (Å²) in [5.41, 5.74) is 2.43. The number of benzene rings is 1. The predicted molar refractivity (Wildman–Crippen MR) is 98.2 cm³/mol. The molecule has 1 aromatic carbocycles. The van der Waals surface area contributed by atoms with Gasteiger partial charge >= 0.3 is 0 Å². The molecular formula is C20H27N3O2. The molecule has 134 valence electrons. The lowest BCUT2D eigenvalue weighted by atomic mass is 9.81. The van der Waals surface area contributed by atoms with Gasteiger partial charge in [0.25, 0.3) is 0 Å². The van der Waals surface area contributed by atoms with Gasteiger partial charge in [0.05, 0.1) is 6.20 Å². The molecule has 2 aromatic rings. The first-order valence-corrected chi connectivity index (χ1v) is 9.03. The molecule has 5 nitrogen and oxygen atoms in total. The second-order valence-corrected chi connectivity index (χ2v) is 7.32. The highest BCUT2D eigenvalue weighted by Gasteiger charge is 2.26. The molecule has 5 heteroatoms. The molecule has 1 aliphatic heterocycles. The maximum atomic E-state index is 12.1. The minimum Gasteiger partial charge on any atom is -0.441 e. The number of aryl methyl sites for hydroxylation is 2. The van der Waals surface area contributed by atoms with Crippen LogP contribution in [-0.2, 0) is 11.2 Å². The zero-order chi connectivity index (χ0) is 17.7. The summed E-state index contributed by atoms with van der Waals surface area (Å²) in [6.45, 7) is 7.11. The van der Waals surface area contributed by atoms with E-state index < -0.39 is 0 Å². The van der Waals surface area contributed by atoms with Crippen molar-refractivity contribution in [1.82, 2.24) is 15.6 Å². The van der Waals surface area contributed by atoms with E-state index in [-0.39, 0.29) is 11.3 Å². The van der Waals surface area contributed by atoms with Gasteiger partial charge in [0.1, 0.15) is 0 Å². The fraction of sp³-hybridized carbons (Fsp3) is 0.500. The fourth-order valence-electron chi connectivity index (χ4n) is 3.11. The van der Waals surface area contributed by atoms with Crippen LogP contribution in [-0.4, -0.2) is 30.5 Å². The molecule has 0 aliphatic carbocycles. The van der Waals surface area contributed by atoms with Gasteiger partial charge in [-0.2, -0.15) is 0 Å². The first-order chi connectivity index (χ1) is 12.0. The summed E-state index contributed by atoms with van der Waals surface area (Å²) in [5, 5.41) is 6.43. The van der Waals surface area contributed by atoms with Gasteiger partial charge in [-0.3, -0.25) is 4.79 Å². The van der Waals surface area contributed by atoms with Crippen molar-refractivity contribution >= 4 is 5.91 Å². The van der Waals surface area contributed by atoms with Crippen molar-refractivity contribution in [1.29, 1.82) is 0 Å². The van der Waals surface area contributed by atoms with Crippen LogP contribution in [0.25, 0.3) is 11.3 Å². The Morgan fingerprint density at radius 3 is 2.72 bits per heavy atom. The van der Waals surface area contributed by atoms with Gasteiger partial charge in [0, 0.05) is 24.9 Å². The molecule has 1 saturated heterocycles. The summed E-state index contributed by atoms with van der Waals surface area (Å²) in [4.78, 5) is 16.4. The van der Waals surface area contributed by atoms with E-state index in [4.69, 9.17) is 4.42 Å². The Bertz CT molecular complexity index is 700. The summed E-state index contributed by atoms with van der Waals surface area (Å²) < 4.78 is 5.77. The highest BCUT2D eigenvalue weighted by atomic mass is 16.4. The normalized spacial score (nSPS) is 16.6. The molecular weight excluding hydrogens is 314 g/mol. The van der Waals surface area contributed by atoms with Crippen LogP contribution in [0, 0.1) is 12.3 Å². The summed E-state index contributed by atoms with van der Waals surface area (Å²) in [5.74, 6) is 1.42. The molecule has 0 bridgehead atoms. The van der Waals surface area contributed by atoms with Crippen molar-refractivity contribution < 1.29 is 9.21 Å². The van der Waals surface area contributed by atoms with Gasteiger partial charge in [-0.05, 0) is 38.3 Å². The molecule has 2 heterocycles. The van der Waals surface area contributed by atoms with Gasteiger partial charge in [-0.25, -0.2) is 4.98 Å². The van der Waals surface area contributed by atoms with Crippen molar-refractivity contribution in [3.05, 3.63) is 41.9 Å². The van der Waals surface area contributed by atoms with Crippen LogP contribution < -0.4 is 10.6 Å². The van der Waals surface area contributed by atoms with Crippen molar-refractivity contribution in [3.63, 3.8) is 0 Å². The van der Waals surface area contributed by atoms with Crippen LogP contribution in [0.15, 0.2) is 34.9 Å². The number of piperidine rings is 1. The molecule has 1 aliphatic rings. The highest BCUT2D eigenvalue weighted by Crippen LogP contribution is 2.26. The number of nitrogens with one attached hydrogen (secondary N) is 2. The lowest BCUT2D eigenvalue weighted by molar-refractivity contribution is -0.121. The zero-order valence-corrected chi connectivity index (χ0v) is 15.1. The van der Waals surface area contributed by atoms with Crippen LogP contribution >= 0.6 is 0 Å². The molecule has 3 rings (SSSR count). The topological polar surface area (TPSA) is 67.2 Å². The van der Waals surface area contributed by atoms with E-state index in [1.54, 1.807) is 6.20 Å². The van der Waals surface area contributed by atoms with Crippen molar-refractivity contribution in [2.24, 2.45) is 5.41 Å². The van der Waals surface area contributed by atoms with Crippen LogP contribution in [0.5, 0.6) is 0 Å². The Labute approximate surface area is 149 Å². The second kappa shape index (κ2) is 7.83. The summed E-state index contributed by atoms with van der Waals surface area (Å²) in [6, 6.07) is 8.14. The Kier molecular flexibility index (Phi) is 5.53. The third-order valence-electron chi connectivity index (χ3n) is 4.98. The minimum atomic E-state index is 0.0647. The minimum absolute atomic E-state index is 0.0647. The maximum Gasteiger partial charge on any atom is 0.220 e. The highest BCUT2D eigenvalue weighted by molar-refractivity contribution is 5.76. The smallest absolute Gasteiger partial charge is 0.220 e. The molecule has 0 atom stereocenters. The van der Waals surface area contributed by atoms with Crippen LogP contribution in [0.4, 0.5) is 0 Å².